The van der Waals surface area contributed by atoms with Crippen LogP contribution in [-0.4, -0.2) is 47.9 Å². The minimum atomic E-state index is -0.136. The first-order chi connectivity index (χ1) is 62.1. The molecule has 0 unspecified atom stereocenters. The van der Waals surface area contributed by atoms with Crippen molar-refractivity contribution in [3.8, 4) is 45.0 Å². The van der Waals surface area contributed by atoms with Crippen LogP contribution in [0.3, 0.4) is 0 Å². The summed E-state index contributed by atoms with van der Waals surface area (Å²) in [6, 6.07) is 114. The molecule has 0 radical (unpaired) electrons. The molecule has 0 atom stereocenters. The number of fused-ring (bicyclic) bond motifs is 41. The van der Waals surface area contributed by atoms with Crippen LogP contribution in [-0.2, 0) is 0 Å². The second kappa shape index (κ2) is 27.3. The van der Waals surface area contributed by atoms with Crippen LogP contribution in [0, 0.1) is 0 Å². The largest absolute Gasteiger partial charge is 0.456 e. The Hall–Kier alpha value is -16.0. The van der Waals surface area contributed by atoms with Gasteiger partial charge in [-0.2, -0.15) is 0 Å². The van der Waals surface area contributed by atoms with Crippen molar-refractivity contribution in [2.75, 3.05) is 38.5 Å². The second-order valence-corrected chi connectivity index (χ2v) is 33.8. The molecule has 0 saturated carbocycles. The van der Waals surface area contributed by atoms with E-state index in [1.807, 2.05) is 109 Å². The number of thiophene rings is 2. The molecule has 0 amide bonds. The quantitative estimate of drug-likeness (QED) is 0.154. The molecule has 22 aromatic rings. The van der Waals surface area contributed by atoms with Crippen LogP contribution in [0.4, 0.5) is 90.9 Å². The summed E-state index contributed by atoms with van der Waals surface area (Å²) in [5.41, 5.74) is 30.4. The van der Waals surface area contributed by atoms with Crippen LogP contribution >= 0.6 is 22.7 Å². The molecule has 23 heteroatoms. The maximum absolute atomic E-state index is 6.43. The standard InChI is InChI=1S/C27H16BN3O2.2C27H16BN3OS.C21H14BN3O/c2*1-4-13-24-17(7-1)18-8-5-12-23(26(18)33-24)30-21-10-2-3-11-22(21)31-27-19(14-16-32-27)25-20(28(30)31)9-6-15-29-25;1-4-10-24-18(6-1)20-16-17(11-12-25(20)32-24)30-22-8-2-3-9-23(22)31-27-19(13-15-33-27)26-21(28(30)31)7-5-14-29-26;1-2-7-15(8-3-1)24-18-10-4-5-11-19(18)25-21-16(12-14-26-21)20-17(22(24)25)9-6-13-23-20/h3*1-16H;1-14H. The molecule has 19 heterocycles. The highest BCUT2D eigenvalue weighted by Crippen LogP contribution is 2.58. The lowest BCUT2D eigenvalue weighted by Gasteiger charge is -2.34. The number of nitrogens with zero attached hydrogens (tertiary/aromatic N) is 12. The Labute approximate surface area is 724 Å². The molecule has 0 spiro atoms. The van der Waals surface area contributed by atoms with E-state index < -0.39 is 0 Å². The van der Waals surface area contributed by atoms with Crippen LogP contribution in [0.5, 0.6) is 0 Å². The van der Waals surface area contributed by atoms with Crippen LogP contribution in [0.2, 0.25) is 0 Å². The lowest BCUT2D eigenvalue weighted by molar-refractivity contribution is 0.577. The Morgan fingerprint density at radius 3 is 1.20 bits per heavy atom. The van der Waals surface area contributed by atoms with Crippen LogP contribution in [0.15, 0.2) is 399 Å². The molecule has 125 heavy (non-hydrogen) atoms. The predicted molar refractivity (Wildman–Crippen MR) is 511 cm³/mol. The third kappa shape index (κ3) is 10.1. The van der Waals surface area contributed by atoms with Gasteiger partial charge in [-0.05, 0) is 185 Å². The van der Waals surface area contributed by atoms with E-state index in [0.29, 0.717) is 0 Å². The van der Waals surface area contributed by atoms with E-state index in [1.165, 1.54) is 75.6 Å². The van der Waals surface area contributed by atoms with Gasteiger partial charge in [-0.15, -0.1) is 22.7 Å². The highest BCUT2D eigenvalue weighted by atomic mass is 32.1. The summed E-state index contributed by atoms with van der Waals surface area (Å²) in [4.78, 5) is 38.0. The smallest absolute Gasteiger partial charge is 0.425 e. The van der Waals surface area contributed by atoms with Crippen molar-refractivity contribution >= 4 is 227 Å². The molecule has 8 aliphatic rings. The van der Waals surface area contributed by atoms with Crippen molar-refractivity contribution in [3.05, 3.63) is 377 Å². The van der Waals surface area contributed by atoms with E-state index in [0.717, 1.165) is 146 Å². The van der Waals surface area contributed by atoms with Gasteiger partial charge in [-0.3, -0.25) is 19.9 Å². The maximum Gasteiger partial charge on any atom is 0.425 e. The number of rotatable bonds is 4. The third-order valence-corrected chi connectivity index (χ3v) is 27.6. The number of benzene rings is 11. The fourth-order valence-corrected chi connectivity index (χ4v) is 22.6. The van der Waals surface area contributed by atoms with Gasteiger partial charge in [0, 0.05) is 84.4 Å². The molecule has 0 N–H and O–H groups in total. The summed E-state index contributed by atoms with van der Waals surface area (Å²) in [6.07, 6.45) is 12.7. The molecule has 0 saturated heterocycles. The van der Waals surface area contributed by atoms with Crippen molar-refractivity contribution in [1.29, 1.82) is 0 Å². The van der Waals surface area contributed by atoms with Crippen molar-refractivity contribution < 1.29 is 22.1 Å². The van der Waals surface area contributed by atoms with Gasteiger partial charge in [0.05, 0.1) is 119 Å². The summed E-state index contributed by atoms with van der Waals surface area (Å²) >= 11 is 3.63. The molecule has 11 aromatic heterocycles. The molecule has 30 rings (SSSR count). The molecule has 17 nitrogen and oxygen atoms in total. The molecule has 584 valence electrons. The van der Waals surface area contributed by atoms with Crippen molar-refractivity contribution in [2.45, 2.75) is 0 Å². The van der Waals surface area contributed by atoms with E-state index in [1.54, 1.807) is 30.1 Å². The van der Waals surface area contributed by atoms with Gasteiger partial charge in [-0.25, -0.2) is 0 Å². The Bertz CT molecular complexity index is 7900. The normalized spacial score (nSPS) is 13.9. The molecule has 0 bridgehead atoms. The first kappa shape index (κ1) is 69.8. The van der Waals surface area contributed by atoms with E-state index >= 15 is 0 Å². The van der Waals surface area contributed by atoms with Gasteiger partial charge in [0.15, 0.2) is 23.2 Å². The minimum Gasteiger partial charge on any atom is -0.456 e. The number of furan rings is 5. The zero-order valence-electron chi connectivity index (χ0n) is 66.3. The second-order valence-electron chi connectivity index (χ2n) is 31.9. The lowest BCUT2D eigenvalue weighted by Crippen LogP contribution is -2.55. The number of aromatic nitrogens is 4. The molecule has 11 aromatic carbocycles. The molecule has 8 aliphatic heterocycles. The van der Waals surface area contributed by atoms with Gasteiger partial charge in [0.2, 0.25) is 0 Å². The summed E-state index contributed by atoms with van der Waals surface area (Å²) in [5, 5.41) is 10.5. The summed E-state index contributed by atoms with van der Waals surface area (Å²) < 4.78 is 33.2. The van der Waals surface area contributed by atoms with E-state index in [-0.39, 0.29) is 27.9 Å². The Balaban J connectivity index is 0.0000000872. The summed E-state index contributed by atoms with van der Waals surface area (Å²) in [5.74, 6) is 2.52. The zero-order chi connectivity index (χ0) is 81.6. The average molecular weight is 1640 g/mol. The number of anilines is 16. The number of hydrogen-bond donors (Lipinski definition) is 0. The van der Waals surface area contributed by atoms with Crippen LogP contribution < -0.4 is 60.3 Å². The first-order valence-corrected chi connectivity index (χ1v) is 43.4. The molecule has 0 fully saturated rings. The first-order valence-electron chi connectivity index (χ1n) is 41.7. The number of para-hydroxylation sites is 12. The third-order valence-electron chi connectivity index (χ3n) is 25.5. The fourth-order valence-electron chi connectivity index (χ4n) is 20.5. The molecular formula is C102H62B4N12O5S2. The Morgan fingerprint density at radius 1 is 0.256 bits per heavy atom. The Morgan fingerprint density at radius 2 is 0.648 bits per heavy atom. The highest BCUT2D eigenvalue weighted by Gasteiger charge is 2.55. The van der Waals surface area contributed by atoms with Crippen molar-refractivity contribution in [3.63, 3.8) is 0 Å². The predicted octanol–water partition coefficient (Wildman–Crippen LogP) is 24.0. The van der Waals surface area contributed by atoms with E-state index in [2.05, 4.69) is 304 Å². The highest BCUT2D eigenvalue weighted by molar-refractivity contribution is 7.26. The number of pyridine rings is 4. The minimum absolute atomic E-state index is 0.00728. The van der Waals surface area contributed by atoms with Gasteiger partial charge in [-0.1, -0.05) is 170 Å². The molecular weight excluding hydrogens is 1580 g/mol. The number of hydrogen-bond acceptors (Lipinski definition) is 19. The van der Waals surface area contributed by atoms with Gasteiger partial charge >= 0.3 is 27.9 Å². The fraction of sp³-hybridized carbons (Fsp3) is 0. The van der Waals surface area contributed by atoms with E-state index in [4.69, 9.17) is 37.0 Å². The maximum atomic E-state index is 6.43. The van der Waals surface area contributed by atoms with Crippen molar-refractivity contribution in [2.24, 2.45) is 0 Å². The SMILES string of the molecule is c1ccc(N2B3c4cccnc4-c4ccoc4N3c3ccccc32)cc1.c1cnc2c(c1)B1N(c3ccc4oc5ccccc5c4c3)c3ccccc3N1c1sccc1-2.c1cnc2c(c1)B1N(c3ccccc3N1c1cccc3c1oc1ccccc13)c1occc1-2.c1cnc2c(c1)B1N(c3ccccc3N1c1cccc3c1sc1ccccc13)c1occc1-2. The van der Waals surface area contributed by atoms with Gasteiger partial charge in [0.1, 0.15) is 16.7 Å². The van der Waals surface area contributed by atoms with Gasteiger partial charge in [0.25, 0.3) is 0 Å². The summed E-state index contributed by atoms with van der Waals surface area (Å²) in [7, 11) is 0. The van der Waals surface area contributed by atoms with Crippen molar-refractivity contribution in [1.82, 2.24) is 19.9 Å². The van der Waals surface area contributed by atoms with Gasteiger partial charge < -0.3 is 60.6 Å². The topological polar surface area (TPSA) is 143 Å². The average Bonchev–Trinajstić information content (AvgIpc) is 1.56. The monoisotopic (exact) mass is 1640 g/mol. The molecule has 0 aliphatic carbocycles. The van der Waals surface area contributed by atoms with E-state index in [9.17, 15) is 0 Å². The summed E-state index contributed by atoms with van der Waals surface area (Å²) in [6.45, 7) is -0.214. The van der Waals surface area contributed by atoms with Crippen LogP contribution in [0.25, 0.3) is 109 Å². The lowest BCUT2D eigenvalue weighted by atomic mass is 9.61. The zero-order valence-corrected chi connectivity index (χ0v) is 68.0. The Kier molecular flexibility index (Phi) is 15.2. The van der Waals surface area contributed by atoms with Crippen LogP contribution in [0.1, 0.15) is 0 Å².